The number of ketones is 1. The quantitative estimate of drug-likeness (QED) is 0.864. The number of phenols is 1. The highest BCUT2D eigenvalue weighted by molar-refractivity contribution is 6.30. The maximum absolute atomic E-state index is 12.2. The number of hydrogen-bond donors (Lipinski definition) is 1. The standard InChI is InChI=1S/C14H11ClO3/c1-18-11-6-7-13(16)12(8-11)14(17)9-2-4-10(15)5-3-9/h2-8,16H,1H3. The molecular formula is C14H11ClO3. The summed E-state index contributed by atoms with van der Waals surface area (Å²) < 4.78 is 5.03. The van der Waals surface area contributed by atoms with Gasteiger partial charge in [-0.3, -0.25) is 4.79 Å². The van der Waals surface area contributed by atoms with Gasteiger partial charge in [-0.2, -0.15) is 0 Å². The number of halogens is 1. The highest BCUT2D eigenvalue weighted by Gasteiger charge is 2.14. The minimum absolute atomic E-state index is 0.0734. The molecule has 0 atom stereocenters. The number of hydrogen-bond acceptors (Lipinski definition) is 3. The van der Waals surface area contributed by atoms with Gasteiger partial charge in [0.15, 0.2) is 5.78 Å². The molecule has 0 aromatic heterocycles. The summed E-state index contributed by atoms with van der Waals surface area (Å²) in [6, 6.07) is 11.0. The van der Waals surface area contributed by atoms with Crippen LogP contribution in [0.2, 0.25) is 5.02 Å². The van der Waals surface area contributed by atoms with Crippen molar-refractivity contribution >= 4 is 17.4 Å². The summed E-state index contributed by atoms with van der Waals surface area (Å²) >= 11 is 5.76. The van der Waals surface area contributed by atoms with Crippen molar-refractivity contribution in [3.05, 3.63) is 58.6 Å². The fraction of sp³-hybridized carbons (Fsp3) is 0.0714. The summed E-state index contributed by atoms with van der Waals surface area (Å²) in [6.45, 7) is 0. The number of benzene rings is 2. The second-order valence-electron chi connectivity index (χ2n) is 3.72. The van der Waals surface area contributed by atoms with Crippen molar-refractivity contribution in [2.24, 2.45) is 0 Å². The Kier molecular flexibility index (Phi) is 3.53. The van der Waals surface area contributed by atoms with E-state index in [0.29, 0.717) is 16.3 Å². The third-order valence-corrected chi connectivity index (χ3v) is 2.81. The number of aromatic hydroxyl groups is 1. The first-order chi connectivity index (χ1) is 8.61. The molecule has 0 aliphatic rings. The molecule has 0 bridgehead atoms. The van der Waals surface area contributed by atoms with Crippen molar-refractivity contribution in [2.75, 3.05) is 7.11 Å². The number of carbonyl (C=O) groups excluding carboxylic acids is 1. The molecule has 92 valence electrons. The minimum atomic E-state index is -0.275. The summed E-state index contributed by atoms with van der Waals surface area (Å²) in [6.07, 6.45) is 0. The van der Waals surface area contributed by atoms with E-state index in [-0.39, 0.29) is 17.1 Å². The fourth-order valence-electron chi connectivity index (χ4n) is 1.58. The molecule has 0 heterocycles. The zero-order chi connectivity index (χ0) is 13.1. The molecule has 0 aliphatic carbocycles. The Bertz CT molecular complexity index is 576. The van der Waals surface area contributed by atoms with Gasteiger partial charge in [0.1, 0.15) is 11.5 Å². The molecule has 2 rings (SSSR count). The van der Waals surface area contributed by atoms with E-state index in [2.05, 4.69) is 0 Å². The van der Waals surface area contributed by atoms with Crippen LogP contribution >= 0.6 is 11.6 Å². The van der Waals surface area contributed by atoms with Crippen LogP contribution in [0, 0.1) is 0 Å². The lowest BCUT2D eigenvalue weighted by Gasteiger charge is -2.06. The zero-order valence-electron chi connectivity index (χ0n) is 9.68. The smallest absolute Gasteiger partial charge is 0.196 e. The van der Waals surface area contributed by atoms with Gasteiger partial charge in [0.2, 0.25) is 0 Å². The zero-order valence-corrected chi connectivity index (χ0v) is 10.4. The van der Waals surface area contributed by atoms with E-state index < -0.39 is 0 Å². The van der Waals surface area contributed by atoms with Crippen LogP contribution in [-0.2, 0) is 0 Å². The van der Waals surface area contributed by atoms with Crippen molar-refractivity contribution in [3.63, 3.8) is 0 Å². The predicted molar refractivity (Wildman–Crippen MR) is 69.5 cm³/mol. The second kappa shape index (κ2) is 5.10. The van der Waals surface area contributed by atoms with E-state index >= 15 is 0 Å². The summed E-state index contributed by atoms with van der Waals surface area (Å²) in [5, 5.41) is 10.3. The molecule has 4 heteroatoms. The molecule has 2 aromatic rings. The molecule has 0 saturated carbocycles. The molecule has 0 fully saturated rings. The van der Waals surface area contributed by atoms with E-state index in [0.717, 1.165) is 0 Å². The molecule has 0 amide bonds. The summed E-state index contributed by atoms with van der Waals surface area (Å²) in [5.74, 6) is 0.170. The topological polar surface area (TPSA) is 46.5 Å². The van der Waals surface area contributed by atoms with Crippen LogP contribution in [-0.4, -0.2) is 18.0 Å². The van der Waals surface area contributed by atoms with Crippen molar-refractivity contribution < 1.29 is 14.6 Å². The Morgan fingerprint density at radius 1 is 1.17 bits per heavy atom. The van der Waals surface area contributed by atoms with E-state index in [4.69, 9.17) is 16.3 Å². The maximum atomic E-state index is 12.2. The lowest BCUT2D eigenvalue weighted by molar-refractivity contribution is 0.103. The normalized spacial score (nSPS) is 10.1. The molecule has 0 unspecified atom stereocenters. The summed E-state index contributed by atoms with van der Waals surface area (Å²) in [4.78, 5) is 12.2. The Labute approximate surface area is 110 Å². The third kappa shape index (κ3) is 2.46. The first-order valence-electron chi connectivity index (χ1n) is 5.29. The molecule has 18 heavy (non-hydrogen) atoms. The van der Waals surface area contributed by atoms with Crippen LogP contribution < -0.4 is 4.74 Å². The van der Waals surface area contributed by atoms with Crippen LogP contribution in [0.3, 0.4) is 0 Å². The number of phenolic OH excluding ortho intramolecular Hbond substituents is 1. The van der Waals surface area contributed by atoms with Crippen LogP contribution in [0.5, 0.6) is 11.5 Å². The first kappa shape index (κ1) is 12.5. The van der Waals surface area contributed by atoms with Crippen LogP contribution in [0.15, 0.2) is 42.5 Å². The number of carbonyl (C=O) groups is 1. The number of ether oxygens (including phenoxy) is 1. The van der Waals surface area contributed by atoms with Gasteiger partial charge in [0.25, 0.3) is 0 Å². The second-order valence-corrected chi connectivity index (χ2v) is 4.16. The molecular weight excluding hydrogens is 252 g/mol. The summed E-state index contributed by atoms with van der Waals surface area (Å²) in [7, 11) is 1.50. The van der Waals surface area contributed by atoms with Gasteiger partial charge in [0.05, 0.1) is 12.7 Å². The van der Waals surface area contributed by atoms with E-state index in [1.165, 1.54) is 19.2 Å². The molecule has 1 N–H and O–H groups in total. The van der Waals surface area contributed by atoms with E-state index in [9.17, 15) is 9.90 Å². The average molecular weight is 263 g/mol. The lowest BCUT2D eigenvalue weighted by atomic mass is 10.0. The highest BCUT2D eigenvalue weighted by atomic mass is 35.5. The summed E-state index contributed by atoms with van der Waals surface area (Å²) in [5.41, 5.74) is 0.666. The van der Waals surface area contributed by atoms with Crippen LogP contribution in [0.25, 0.3) is 0 Å². The monoisotopic (exact) mass is 262 g/mol. The van der Waals surface area contributed by atoms with E-state index in [1.807, 2.05) is 0 Å². The Balaban J connectivity index is 2.42. The Hall–Kier alpha value is -2.00. The Morgan fingerprint density at radius 2 is 1.83 bits per heavy atom. The molecule has 0 spiro atoms. The van der Waals surface area contributed by atoms with Gasteiger partial charge in [-0.15, -0.1) is 0 Å². The molecule has 0 aliphatic heterocycles. The van der Waals surface area contributed by atoms with Gasteiger partial charge in [0, 0.05) is 10.6 Å². The lowest BCUT2D eigenvalue weighted by Crippen LogP contribution is -2.02. The van der Waals surface area contributed by atoms with Crippen molar-refractivity contribution in [3.8, 4) is 11.5 Å². The highest BCUT2D eigenvalue weighted by Crippen LogP contribution is 2.25. The first-order valence-corrected chi connectivity index (χ1v) is 5.67. The maximum Gasteiger partial charge on any atom is 0.196 e. The van der Waals surface area contributed by atoms with Crippen LogP contribution in [0.1, 0.15) is 15.9 Å². The predicted octanol–water partition coefficient (Wildman–Crippen LogP) is 3.29. The fourth-order valence-corrected chi connectivity index (χ4v) is 1.71. The van der Waals surface area contributed by atoms with Gasteiger partial charge in [-0.1, -0.05) is 11.6 Å². The molecule has 0 radical (unpaired) electrons. The van der Waals surface area contributed by atoms with Gasteiger partial charge in [-0.05, 0) is 42.5 Å². The van der Waals surface area contributed by atoms with Crippen molar-refractivity contribution in [1.29, 1.82) is 0 Å². The SMILES string of the molecule is COc1ccc(O)c(C(=O)c2ccc(Cl)cc2)c1. The van der Waals surface area contributed by atoms with Crippen molar-refractivity contribution in [2.45, 2.75) is 0 Å². The number of rotatable bonds is 3. The van der Waals surface area contributed by atoms with Crippen LogP contribution in [0.4, 0.5) is 0 Å². The van der Waals surface area contributed by atoms with Gasteiger partial charge in [-0.25, -0.2) is 0 Å². The molecule has 3 nitrogen and oxygen atoms in total. The van der Waals surface area contributed by atoms with Crippen molar-refractivity contribution in [1.82, 2.24) is 0 Å². The minimum Gasteiger partial charge on any atom is -0.507 e. The van der Waals surface area contributed by atoms with Gasteiger partial charge < -0.3 is 9.84 Å². The van der Waals surface area contributed by atoms with E-state index in [1.54, 1.807) is 30.3 Å². The molecule has 0 saturated heterocycles. The largest absolute Gasteiger partial charge is 0.507 e. The third-order valence-electron chi connectivity index (χ3n) is 2.55. The van der Waals surface area contributed by atoms with Gasteiger partial charge >= 0.3 is 0 Å². The number of methoxy groups -OCH3 is 1. The Morgan fingerprint density at radius 3 is 2.44 bits per heavy atom. The molecule has 2 aromatic carbocycles. The average Bonchev–Trinajstić information content (AvgIpc) is 2.39.